The number of nitrogens with zero attached hydrogens (tertiary/aromatic N) is 1. The van der Waals surface area contributed by atoms with Gasteiger partial charge < -0.3 is 4.98 Å². The SMILES string of the molecule is CCc1nc(C(C)(C)c2ccc(F)cc2)[nH]c(=O)c1C. The Morgan fingerprint density at radius 2 is 1.85 bits per heavy atom. The minimum atomic E-state index is -0.482. The summed E-state index contributed by atoms with van der Waals surface area (Å²) in [5, 5.41) is 0. The molecule has 20 heavy (non-hydrogen) atoms. The van der Waals surface area contributed by atoms with Crippen LogP contribution in [0.1, 0.15) is 43.4 Å². The molecule has 0 unspecified atom stereocenters. The number of aromatic nitrogens is 2. The van der Waals surface area contributed by atoms with Crippen LogP contribution in [-0.4, -0.2) is 9.97 Å². The van der Waals surface area contributed by atoms with Crippen molar-refractivity contribution in [1.82, 2.24) is 9.97 Å². The van der Waals surface area contributed by atoms with Gasteiger partial charge in [-0.1, -0.05) is 19.1 Å². The van der Waals surface area contributed by atoms with Gasteiger partial charge in [-0.2, -0.15) is 0 Å². The summed E-state index contributed by atoms with van der Waals surface area (Å²) in [6, 6.07) is 6.29. The maximum atomic E-state index is 13.0. The third-order valence-electron chi connectivity index (χ3n) is 3.74. The predicted molar refractivity (Wildman–Crippen MR) is 77.5 cm³/mol. The van der Waals surface area contributed by atoms with Crippen molar-refractivity contribution < 1.29 is 4.39 Å². The van der Waals surface area contributed by atoms with Gasteiger partial charge in [0.2, 0.25) is 0 Å². The van der Waals surface area contributed by atoms with E-state index in [2.05, 4.69) is 9.97 Å². The fraction of sp³-hybridized carbons (Fsp3) is 0.375. The third-order valence-corrected chi connectivity index (χ3v) is 3.74. The van der Waals surface area contributed by atoms with E-state index in [1.165, 1.54) is 12.1 Å². The minimum Gasteiger partial charge on any atom is -0.310 e. The Balaban J connectivity index is 2.56. The Morgan fingerprint density at radius 1 is 1.25 bits per heavy atom. The lowest BCUT2D eigenvalue weighted by atomic mass is 9.83. The van der Waals surface area contributed by atoms with Crippen LogP contribution < -0.4 is 5.56 Å². The fourth-order valence-corrected chi connectivity index (χ4v) is 2.22. The van der Waals surface area contributed by atoms with Crippen LogP contribution in [0.15, 0.2) is 29.1 Å². The number of aromatic amines is 1. The second-order valence-electron chi connectivity index (χ2n) is 5.47. The van der Waals surface area contributed by atoms with E-state index in [-0.39, 0.29) is 11.4 Å². The number of hydrogen-bond donors (Lipinski definition) is 1. The lowest BCUT2D eigenvalue weighted by molar-refractivity contribution is 0.575. The van der Waals surface area contributed by atoms with Crippen molar-refractivity contribution >= 4 is 0 Å². The zero-order valence-corrected chi connectivity index (χ0v) is 12.2. The third kappa shape index (κ3) is 2.50. The smallest absolute Gasteiger partial charge is 0.254 e. The molecule has 0 fully saturated rings. The molecule has 4 heteroatoms. The van der Waals surface area contributed by atoms with Crippen LogP contribution in [0.4, 0.5) is 4.39 Å². The summed E-state index contributed by atoms with van der Waals surface area (Å²) in [6.07, 6.45) is 0.711. The average molecular weight is 274 g/mol. The van der Waals surface area contributed by atoms with Gasteiger partial charge in [-0.25, -0.2) is 9.37 Å². The summed E-state index contributed by atoms with van der Waals surface area (Å²) in [6.45, 7) is 7.68. The van der Waals surface area contributed by atoms with Crippen molar-refractivity contribution in [3.63, 3.8) is 0 Å². The molecule has 0 radical (unpaired) electrons. The molecular formula is C16H19FN2O. The molecule has 2 aromatic rings. The van der Waals surface area contributed by atoms with Crippen molar-refractivity contribution in [3.05, 3.63) is 63.1 Å². The van der Waals surface area contributed by atoms with Gasteiger partial charge in [-0.05, 0) is 44.9 Å². The maximum absolute atomic E-state index is 13.0. The van der Waals surface area contributed by atoms with Gasteiger partial charge in [0, 0.05) is 11.0 Å². The number of hydrogen-bond acceptors (Lipinski definition) is 2. The molecule has 0 amide bonds. The van der Waals surface area contributed by atoms with Gasteiger partial charge in [0.25, 0.3) is 5.56 Å². The normalized spacial score (nSPS) is 11.7. The highest BCUT2D eigenvalue weighted by atomic mass is 19.1. The zero-order chi connectivity index (χ0) is 14.9. The van der Waals surface area contributed by atoms with Crippen LogP contribution in [-0.2, 0) is 11.8 Å². The van der Waals surface area contributed by atoms with Gasteiger partial charge in [0.15, 0.2) is 0 Å². The van der Waals surface area contributed by atoms with Crippen molar-refractivity contribution in [1.29, 1.82) is 0 Å². The monoisotopic (exact) mass is 274 g/mol. The van der Waals surface area contributed by atoms with E-state index in [4.69, 9.17) is 0 Å². The molecule has 3 nitrogen and oxygen atoms in total. The summed E-state index contributed by atoms with van der Waals surface area (Å²) in [5.74, 6) is 0.334. The van der Waals surface area contributed by atoms with Crippen molar-refractivity contribution in [2.45, 2.75) is 39.5 Å². The van der Waals surface area contributed by atoms with Gasteiger partial charge in [-0.15, -0.1) is 0 Å². The highest BCUT2D eigenvalue weighted by molar-refractivity contribution is 5.32. The summed E-state index contributed by atoms with van der Waals surface area (Å²) in [5.41, 5.74) is 1.78. The van der Waals surface area contributed by atoms with Crippen LogP contribution in [0.5, 0.6) is 0 Å². The second-order valence-corrected chi connectivity index (χ2v) is 5.47. The summed E-state index contributed by atoms with van der Waals surface area (Å²) >= 11 is 0. The lowest BCUT2D eigenvalue weighted by Crippen LogP contribution is -2.28. The molecule has 1 N–H and O–H groups in total. The van der Waals surface area contributed by atoms with E-state index in [1.54, 1.807) is 19.1 Å². The number of aryl methyl sites for hydroxylation is 1. The minimum absolute atomic E-state index is 0.109. The molecule has 0 aliphatic rings. The Kier molecular flexibility index (Phi) is 3.75. The van der Waals surface area contributed by atoms with Crippen molar-refractivity contribution in [2.24, 2.45) is 0 Å². The first-order valence-electron chi connectivity index (χ1n) is 6.72. The van der Waals surface area contributed by atoms with E-state index in [9.17, 15) is 9.18 Å². The molecule has 0 spiro atoms. The Hall–Kier alpha value is -1.97. The molecule has 0 atom stereocenters. The van der Waals surface area contributed by atoms with E-state index in [0.717, 1.165) is 11.3 Å². The highest BCUT2D eigenvalue weighted by Crippen LogP contribution is 2.28. The molecule has 1 aromatic heterocycles. The first kappa shape index (κ1) is 14.4. The second kappa shape index (κ2) is 5.19. The summed E-state index contributed by atoms with van der Waals surface area (Å²) in [7, 11) is 0. The summed E-state index contributed by atoms with van der Waals surface area (Å²) in [4.78, 5) is 19.4. The molecule has 0 aliphatic carbocycles. The molecule has 0 bridgehead atoms. The van der Waals surface area contributed by atoms with E-state index < -0.39 is 5.41 Å². The zero-order valence-electron chi connectivity index (χ0n) is 12.2. The Morgan fingerprint density at radius 3 is 2.40 bits per heavy atom. The van der Waals surface area contributed by atoms with Crippen molar-refractivity contribution in [2.75, 3.05) is 0 Å². The molecule has 106 valence electrons. The maximum Gasteiger partial charge on any atom is 0.254 e. The van der Waals surface area contributed by atoms with Crippen LogP contribution in [0.3, 0.4) is 0 Å². The number of benzene rings is 1. The molecule has 0 aliphatic heterocycles. The fourth-order valence-electron chi connectivity index (χ4n) is 2.22. The molecule has 1 aromatic carbocycles. The van der Waals surface area contributed by atoms with Gasteiger partial charge in [0.1, 0.15) is 11.6 Å². The van der Waals surface area contributed by atoms with Crippen LogP contribution >= 0.6 is 0 Å². The number of nitrogens with one attached hydrogen (secondary N) is 1. The van der Waals surface area contributed by atoms with Gasteiger partial charge in [0.05, 0.1) is 5.69 Å². The molecular weight excluding hydrogens is 255 g/mol. The van der Waals surface area contributed by atoms with E-state index in [0.29, 0.717) is 17.8 Å². The standard InChI is InChI=1S/C16H19FN2O/c1-5-13-10(2)14(20)19-15(18-13)16(3,4)11-6-8-12(17)9-7-11/h6-9H,5H2,1-4H3,(H,18,19,20). The van der Waals surface area contributed by atoms with Crippen LogP contribution in [0, 0.1) is 12.7 Å². The average Bonchev–Trinajstić information content (AvgIpc) is 2.42. The van der Waals surface area contributed by atoms with Crippen LogP contribution in [0.25, 0.3) is 0 Å². The molecule has 1 heterocycles. The Labute approximate surface area is 117 Å². The lowest BCUT2D eigenvalue weighted by Gasteiger charge is -2.25. The van der Waals surface area contributed by atoms with Crippen molar-refractivity contribution in [3.8, 4) is 0 Å². The van der Waals surface area contributed by atoms with E-state index in [1.807, 2.05) is 20.8 Å². The van der Waals surface area contributed by atoms with Gasteiger partial charge in [-0.3, -0.25) is 4.79 Å². The molecule has 0 saturated heterocycles. The first-order chi connectivity index (χ1) is 9.36. The largest absolute Gasteiger partial charge is 0.310 e. The highest BCUT2D eigenvalue weighted by Gasteiger charge is 2.26. The predicted octanol–water partition coefficient (Wildman–Crippen LogP) is 3.11. The Bertz CT molecular complexity index is 672. The quantitative estimate of drug-likeness (QED) is 0.934. The number of H-pyrrole nitrogens is 1. The number of rotatable bonds is 3. The van der Waals surface area contributed by atoms with Gasteiger partial charge >= 0.3 is 0 Å². The topological polar surface area (TPSA) is 45.8 Å². The number of halogens is 1. The summed E-state index contributed by atoms with van der Waals surface area (Å²) < 4.78 is 13.0. The molecule has 0 saturated carbocycles. The molecule has 2 rings (SSSR count). The van der Waals surface area contributed by atoms with E-state index >= 15 is 0 Å². The van der Waals surface area contributed by atoms with Crippen LogP contribution in [0.2, 0.25) is 0 Å². The first-order valence-corrected chi connectivity index (χ1v) is 6.72.